The highest BCUT2D eigenvalue weighted by Crippen LogP contribution is 2.35. The van der Waals surface area contributed by atoms with Crippen LogP contribution < -0.4 is 15.8 Å². The van der Waals surface area contributed by atoms with Gasteiger partial charge in [-0.2, -0.15) is 4.98 Å². The van der Waals surface area contributed by atoms with Gasteiger partial charge in [0, 0.05) is 34.3 Å². The van der Waals surface area contributed by atoms with Crippen molar-refractivity contribution in [3.63, 3.8) is 0 Å². The van der Waals surface area contributed by atoms with Crippen LogP contribution in [0.2, 0.25) is 0 Å². The third-order valence-electron chi connectivity index (χ3n) is 5.10. The average molecular weight is 401 g/mol. The molecule has 1 amide bonds. The Morgan fingerprint density at radius 3 is 2.57 bits per heavy atom. The molecule has 0 saturated heterocycles. The van der Waals surface area contributed by atoms with Crippen LogP contribution in [-0.4, -0.2) is 28.0 Å². The maximum atomic E-state index is 12.0. The number of aromatic amines is 1. The summed E-state index contributed by atoms with van der Waals surface area (Å²) in [5.74, 6) is 1.11. The lowest BCUT2D eigenvalue weighted by Crippen LogP contribution is -2.11. The number of carbonyl (C=O) groups is 1. The Morgan fingerprint density at radius 2 is 1.87 bits per heavy atom. The number of anilines is 1. The number of hydrogen-bond donors (Lipinski definition) is 3. The summed E-state index contributed by atoms with van der Waals surface area (Å²) in [4.78, 5) is 24.7. The highest BCUT2D eigenvalue weighted by Gasteiger charge is 2.21. The average Bonchev–Trinajstić information content (AvgIpc) is 3.09. The number of fused-ring (bicyclic) bond motifs is 1. The van der Waals surface area contributed by atoms with E-state index in [1.165, 1.54) is 0 Å². The fourth-order valence-corrected chi connectivity index (χ4v) is 3.62. The quantitative estimate of drug-likeness (QED) is 0.453. The van der Waals surface area contributed by atoms with Gasteiger partial charge >= 0.3 is 0 Å². The van der Waals surface area contributed by atoms with E-state index in [0.717, 1.165) is 27.9 Å². The zero-order chi connectivity index (χ0) is 21.3. The molecule has 7 heteroatoms. The van der Waals surface area contributed by atoms with Gasteiger partial charge in [-0.15, -0.1) is 0 Å². The van der Waals surface area contributed by atoms with Crippen LogP contribution in [0, 0.1) is 13.8 Å². The number of ether oxygens (including phenoxy) is 1. The molecule has 0 fully saturated rings. The molecule has 0 spiro atoms. The molecule has 0 atom stereocenters. The minimum absolute atomic E-state index is 0.425. The number of aryl methyl sites for hydroxylation is 1. The monoisotopic (exact) mass is 401 g/mol. The topological polar surface area (TPSA) is 106 Å². The molecule has 2 aromatic carbocycles. The number of nitrogens with zero attached hydrogens (tertiary/aromatic N) is 2. The first-order valence-corrected chi connectivity index (χ1v) is 9.61. The van der Waals surface area contributed by atoms with Crippen molar-refractivity contribution in [2.75, 3.05) is 12.4 Å². The second-order valence-electron chi connectivity index (χ2n) is 7.09. The minimum atomic E-state index is -0.498. The van der Waals surface area contributed by atoms with E-state index >= 15 is 0 Å². The molecule has 4 N–H and O–H groups in total. The number of benzene rings is 2. The number of primary amides is 1. The molecule has 4 aromatic rings. The number of hydrogen-bond acceptors (Lipinski definition) is 5. The molecule has 0 bridgehead atoms. The normalized spacial score (nSPS) is 10.9. The van der Waals surface area contributed by atoms with Gasteiger partial charge in [0.15, 0.2) is 5.82 Å². The van der Waals surface area contributed by atoms with Crippen LogP contribution in [0.15, 0.2) is 48.5 Å². The van der Waals surface area contributed by atoms with Crippen molar-refractivity contribution in [2.45, 2.75) is 20.4 Å². The molecule has 2 heterocycles. The first-order chi connectivity index (χ1) is 14.5. The van der Waals surface area contributed by atoms with Gasteiger partial charge in [0.25, 0.3) is 0 Å². The fraction of sp³-hybridized carbons (Fsp3) is 0.174. The van der Waals surface area contributed by atoms with Crippen molar-refractivity contribution in [3.05, 3.63) is 70.9 Å². The van der Waals surface area contributed by atoms with Gasteiger partial charge in [0.2, 0.25) is 11.8 Å². The molecule has 0 aliphatic heterocycles. The molecule has 0 aliphatic rings. The molecule has 0 unspecified atom stereocenters. The van der Waals surface area contributed by atoms with Crippen molar-refractivity contribution in [1.29, 1.82) is 0 Å². The number of nitrogens with two attached hydrogens (primary N) is 1. The Morgan fingerprint density at radius 1 is 1.10 bits per heavy atom. The van der Waals surface area contributed by atoms with Gasteiger partial charge in [-0.1, -0.05) is 36.4 Å². The number of methoxy groups -OCH3 is 1. The Hall–Kier alpha value is -3.87. The largest absolute Gasteiger partial charge is 0.481 e. The van der Waals surface area contributed by atoms with Gasteiger partial charge in [0.05, 0.1) is 12.7 Å². The number of rotatable bonds is 6. The number of H-pyrrole nitrogens is 1. The van der Waals surface area contributed by atoms with E-state index in [2.05, 4.69) is 15.3 Å². The summed E-state index contributed by atoms with van der Waals surface area (Å²) >= 11 is 0. The molecule has 30 heavy (non-hydrogen) atoms. The van der Waals surface area contributed by atoms with Gasteiger partial charge in [-0.05, 0) is 31.5 Å². The summed E-state index contributed by atoms with van der Waals surface area (Å²) in [7, 11) is 1.58. The number of aromatic nitrogens is 3. The summed E-state index contributed by atoms with van der Waals surface area (Å²) < 4.78 is 5.51. The lowest BCUT2D eigenvalue weighted by molar-refractivity contribution is 0.100. The number of nitrogens with one attached hydrogen (secondary N) is 2. The number of carbonyl (C=O) groups excluding carboxylic acids is 1. The predicted octanol–water partition coefficient (Wildman–Crippen LogP) is 3.96. The van der Waals surface area contributed by atoms with E-state index in [9.17, 15) is 4.79 Å². The van der Waals surface area contributed by atoms with Crippen LogP contribution in [-0.2, 0) is 6.54 Å². The van der Waals surface area contributed by atoms with Crippen molar-refractivity contribution in [3.8, 4) is 17.3 Å². The second kappa shape index (κ2) is 7.87. The summed E-state index contributed by atoms with van der Waals surface area (Å²) in [5.41, 5.74) is 10.4. The van der Waals surface area contributed by atoms with Crippen molar-refractivity contribution >= 4 is 22.6 Å². The second-order valence-corrected chi connectivity index (χ2v) is 7.09. The van der Waals surface area contributed by atoms with Crippen LogP contribution in [0.4, 0.5) is 5.82 Å². The molecule has 0 saturated carbocycles. The lowest BCUT2D eigenvalue weighted by Gasteiger charge is -2.14. The van der Waals surface area contributed by atoms with Crippen molar-refractivity contribution in [2.24, 2.45) is 5.73 Å². The maximum Gasteiger partial charge on any atom is 0.249 e. The maximum absolute atomic E-state index is 12.0. The molecule has 7 nitrogen and oxygen atoms in total. The van der Waals surface area contributed by atoms with Gasteiger partial charge in [-0.3, -0.25) is 4.79 Å². The molecule has 0 aliphatic carbocycles. The van der Waals surface area contributed by atoms with E-state index < -0.39 is 5.91 Å². The highest BCUT2D eigenvalue weighted by atomic mass is 16.5. The third-order valence-corrected chi connectivity index (χ3v) is 5.10. The smallest absolute Gasteiger partial charge is 0.249 e. The van der Waals surface area contributed by atoms with Gasteiger partial charge < -0.3 is 20.8 Å². The Kier molecular flexibility index (Phi) is 5.10. The molecule has 152 valence electrons. The van der Waals surface area contributed by atoms with E-state index in [0.29, 0.717) is 35.0 Å². The van der Waals surface area contributed by atoms with Crippen LogP contribution in [0.3, 0.4) is 0 Å². The zero-order valence-electron chi connectivity index (χ0n) is 17.1. The van der Waals surface area contributed by atoms with E-state index in [4.69, 9.17) is 15.5 Å². The predicted molar refractivity (Wildman–Crippen MR) is 118 cm³/mol. The lowest BCUT2D eigenvalue weighted by atomic mass is 10.0. The van der Waals surface area contributed by atoms with Crippen LogP contribution in [0.5, 0.6) is 5.88 Å². The minimum Gasteiger partial charge on any atom is -0.481 e. The highest BCUT2D eigenvalue weighted by molar-refractivity contribution is 6.11. The summed E-state index contributed by atoms with van der Waals surface area (Å²) in [6.07, 6.45) is 0. The Balaban J connectivity index is 1.85. The van der Waals surface area contributed by atoms with Crippen molar-refractivity contribution in [1.82, 2.24) is 15.0 Å². The summed E-state index contributed by atoms with van der Waals surface area (Å²) in [6, 6.07) is 15.5. The third kappa shape index (κ3) is 3.45. The van der Waals surface area contributed by atoms with Crippen LogP contribution >= 0.6 is 0 Å². The Bertz CT molecular complexity index is 1230. The molecular weight excluding hydrogens is 378 g/mol. The molecule has 0 radical (unpaired) electrons. The SMILES string of the molecule is COc1nc(-c2c(C)[nH]c3cccc(C(N)=O)c23)nc(NCc2ccccc2)c1C. The van der Waals surface area contributed by atoms with E-state index in [1.807, 2.05) is 50.2 Å². The molecular formula is C23H23N5O2. The molecule has 4 rings (SSSR count). The summed E-state index contributed by atoms with van der Waals surface area (Å²) in [6.45, 7) is 4.44. The summed E-state index contributed by atoms with van der Waals surface area (Å²) in [5, 5.41) is 4.09. The standard InChI is InChI=1S/C23H23N5O2/c1-13-21(25-12-15-8-5-4-6-9-15)27-22(28-23(13)30-3)18-14(2)26-17-11-7-10-16(19(17)18)20(24)29/h4-11,26H,12H2,1-3H3,(H2,24,29)(H,25,27,28). The van der Waals surface area contributed by atoms with Gasteiger partial charge in [-0.25, -0.2) is 4.98 Å². The van der Waals surface area contributed by atoms with Crippen LogP contribution in [0.1, 0.15) is 27.2 Å². The first kappa shape index (κ1) is 19.4. The molecule has 2 aromatic heterocycles. The van der Waals surface area contributed by atoms with Crippen LogP contribution in [0.25, 0.3) is 22.3 Å². The van der Waals surface area contributed by atoms with E-state index in [1.54, 1.807) is 19.2 Å². The number of amides is 1. The van der Waals surface area contributed by atoms with Gasteiger partial charge in [0.1, 0.15) is 5.82 Å². The van der Waals surface area contributed by atoms with E-state index in [-0.39, 0.29) is 0 Å². The first-order valence-electron chi connectivity index (χ1n) is 9.61. The van der Waals surface area contributed by atoms with Crippen molar-refractivity contribution < 1.29 is 9.53 Å². The Labute approximate surface area is 174 Å². The zero-order valence-corrected chi connectivity index (χ0v) is 17.1. The fourth-order valence-electron chi connectivity index (χ4n) is 3.62.